The highest BCUT2D eigenvalue weighted by Gasteiger charge is 2.00. The van der Waals surface area contributed by atoms with E-state index in [0.29, 0.717) is 18.5 Å². The SMILES string of the molecule is CC(O)CCn1cc(C#N)ccc1=O. The molecule has 0 aliphatic heterocycles. The first-order valence-electron chi connectivity index (χ1n) is 4.42. The fourth-order valence-corrected chi connectivity index (χ4v) is 1.10. The highest BCUT2D eigenvalue weighted by molar-refractivity contribution is 5.24. The predicted molar refractivity (Wildman–Crippen MR) is 51.7 cm³/mol. The van der Waals surface area contributed by atoms with Crippen molar-refractivity contribution in [2.75, 3.05) is 0 Å². The molecule has 0 spiro atoms. The zero-order chi connectivity index (χ0) is 10.6. The zero-order valence-corrected chi connectivity index (χ0v) is 7.97. The van der Waals surface area contributed by atoms with E-state index in [1.165, 1.54) is 22.9 Å². The van der Waals surface area contributed by atoms with Gasteiger partial charge < -0.3 is 9.67 Å². The Bertz CT molecular complexity index is 401. The molecule has 1 N–H and O–H groups in total. The van der Waals surface area contributed by atoms with Crippen molar-refractivity contribution in [3.05, 3.63) is 34.2 Å². The van der Waals surface area contributed by atoms with Crippen LogP contribution in [0.1, 0.15) is 18.9 Å². The first-order chi connectivity index (χ1) is 6.63. The van der Waals surface area contributed by atoms with E-state index in [-0.39, 0.29) is 5.56 Å². The van der Waals surface area contributed by atoms with Gasteiger partial charge in [0.15, 0.2) is 0 Å². The lowest BCUT2D eigenvalue weighted by Crippen LogP contribution is -2.20. The second-order valence-electron chi connectivity index (χ2n) is 3.20. The summed E-state index contributed by atoms with van der Waals surface area (Å²) in [5.41, 5.74) is 0.305. The van der Waals surface area contributed by atoms with Crippen molar-refractivity contribution >= 4 is 0 Å². The van der Waals surface area contributed by atoms with E-state index in [4.69, 9.17) is 10.4 Å². The molecule has 4 heteroatoms. The van der Waals surface area contributed by atoms with Gasteiger partial charge in [-0.05, 0) is 19.4 Å². The van der Waals surface area contributed by atoms with Crippen molar-refractivity contribution in [2.24, 2.45) is 0 Å². The Hall–Kier alpha value is -1.60. The summed E-state index contributed by atoms with van der Waals surface area (Å²) >= 11 is 0. The Balaban J connectivity index is 2.86. The standard InChI is InChI=1S/C10H12N2O2/c1-8(13)4-5-12-7-9(6-11)2-3-10(12)14/h2-3,7-8,13H,4-5H2,1H3. The molecule has 1 unspecified atom stereocenters. The number of pyridine rings is 1. The zero-order valence-electron chi connectivity index (χ0n) is 7.97. The predicted octanol–water partition coefficient (Wildman–Crippen LogP) is 0.491. The number of nitrogens with zero attached hydrogens (tertiary/aromatic N) is 2. The lowest BCUT2D eigenvalue weighted by atomic mass is 10.2. The molecule has 1 aromatic rings. The minimum Gasteiger partial charge on any atom is -0.393 e. The van der Waals surface area contributed by atoms with Crippen molar-refractivity contribution in [1.82, 2.24) is 4.57 Å². The molecule has 4 nitrogen and oxygen atoms in total. The van der Waals surface area contributed by atoms with Gasteiger partial charge in [0.25, 0.3) is 5.56 Å². The molecule has 0 saturated carbocycles. The molecule has 1 rings (SSSR count). The summed E-state index contributed by atoms with van der Waals surface area (Å²) in [6.07, 6.45) is 1.58. The molecule has 1 aromatic heterocycles. The maximum absolute atomic E-state index is 11.3. The number of aliphatic hydroxyl groups is 1. The largest absolute Gasteiger partial charge is 0.393 e. The molecule has 0 amide bonds. The number of rotatable bonds is 3. The molecular formula is C10H12N2O2. The Kier molecular flexibility index (Phi) is 3.43. The first kappa shape index (κ1) is 10.5. The molecular weight excluding hydrogens is 180 g/mol. The Morgan fingerprint density at radius 1 is 1.64 bits per heavy atom. The summed E-state index contributed by atoms with van der Waals surface area (Å²) in [4.78, 5) is 11.3. The average Bonchev–Trinajstić information content (AvgIpc) is 2.16. The third-order valence-electron chi connectivity index (χ3n) is 1.90. The van der Waals surface area contributed by atoms with E-state index >= 15 is 0 Å². The van der Waals surface area contributed by atoms with Gasteiger partial charge in [-0.1, -0.05) is 0 Å². The van der Waals surface area contributed by atoms with E-state index < -0.39 is 6.10 Å². The van der Waals surface area contributed by atoms with Crippen molar-refractivity contribution in [2.45, 2.75) is 26.0 Å². The monoisotopic (exact) mass is 192 g/mol. The van der Waals surface area contributed by atoms with Crippen LogP contribution in [0.5, 0.6) is 0 Å². The van der Waals surface area contributed by atoms with Crippen LogP contribution in [0.4, 0.5) is 0 Å². The van der Waals surface area contributed by atoms with Gasteiger partial charge in [-0.3, -0.25) is 4.79 Å². The first-order valence-corrected chi connectivity index (χ1v) is 4.42. The third-order valence-corrected chi connectivity index (χ3v) is 1.90. The lowest BCUT2D eigenvalue weighted by molar-refractivity contribution is 0.177. The summed E-state index contributed by atoms with van der Waals surface area (Å²) in [5.74, 6) is 0. The van der Waals surface area contributed by atoms with Crippen LogP contribution in [-0.2, 0) is 6.54 Å². The molecule has 0 aromatic carbocycles. The van der Waals surface area contributed by atoms with Crippen LogP contribution >= 0.6 is 0 Å². The third kappa shape index (κ3) is 2.71. The summed E-state index contributed by atoms with van der Waals surface area (Å²) in [6, 6.07) is 4.81. The highest BCUT2D eigenvalue weighted by Crippen LogP contribution is 1.96. The molecule has 0 aliphatic carbocycles. The maximum atomic E-state index is 11.3. The molecule has 74 valence electrons. The van der Waals surface area contributed by atoms with Gasteiger partial charge in [0.1, 0.15) is 6.07 Å². The van der Waals surface area contributed by atoms with E-state index in [2.05, 4.69) is 0 Å². The van der Waals surface area contributed by atoms with Crippen LogP contribution in [0.3, 0.4) is 0 Å². The Morgan fingerprint density at radius 2 is 2.36 bits per heavy atom. The molecule has 0 radical (unpaired) electrons. The number of aromatic nitrogens is 1. The van der Waals surface area contributed by atoms with Crippen molar-refractivity contribution in [3.63, 3.8) is 0 Å². The van der Waals surface area contributed by atoms with Gasteiger partial charge >= 0.3 is 0 Å². The molecule has 14 heavy (non-hydrogen) atoms. The number of aliphatic hydroxyl groups excluding tert-OH is 1. The van der Waals surface area contributed by atoms with Gasteiger partial charge in [-0.2, -0.15) is 5.26 Å². The average molecular weight is 192 g/mol. The highest BCUT2D eigenvalue weighted by atomic mass is 16.3. The molecule has 0 aliphatic rings. The van der Waals surface area contributed by atoms with Crippen LogP contribution in [0.15, 0.2) is 23.1 Å². The van der Waals surface area contributed by atoms with Crippen molar-refractivity contribution in [1.29, 1.82) is 5.26 Å². The molecule has 1 heterocycles. The Labute approximate surface area is 82.0 Å². The van der Waals surface area contributed by atoms with E-state index in [1.54, 1.807) is 6.92 Å². The number of hydrogen-bond acceptors (Lipinski definition) is 3. The van der Waals surface area contributed by atoms with Crippen LogP contribution in [-0.4, -0.2) is 15.8 Å². The van der Waals surface area contributed by atoms with Gasteiger partial charge in [0.05, 0.1) is 11.7 Å². The van der Waals surface area contributed by atoms with Crippen LogP contribution in [0.2, 0.25) is 0 Å². The van der Waals surface area contributed by atoms with E-state index in [1.807, 2.05) is 6.07 Å². The normalized spacial score (nSPS) is 12.1. The molecule has 0 saturated heterocycles. The second-order valence-corrected chi connectivity index (χ2v) is 3.20. The summed E-state index contributed by atoms with van der Waals surface area (Å²) in [5, 5.41) is 17.7. The fourth-order valence-electron chi connectivity index (χ4n) is 1.10. The van der Waals surface area contributed by atoms with Crippen LogP contribution in [0, 0.1) is 11.3 Å². The number of hydrogen-bond donors (Lipinski definition) is 1. The summed E-state index contributed by atoms with van der Waals surface area (Å²) < 4.78 is 1.44. The topological polar surface area (TPSA) is 66.0 Å². The van der Waals surface area contributed by atoms with Gasteiger partial charge in [-0.15, -0.1) is 0 Å². The number of nitriles is 1. The summed E-state index contributed by atoms with van der Waals surface area (Å²) in [6.45, 7) is 2.10. The summed E-state index contributed by atoms with van der Waals surface area (Å²) in [7, 11) is 0. The van der Waals surface area contributed by atoms with E-state index in [0.717, 1.165) is 0 Å². The second kappa shape index (κ2) is 4.58. The molecule has 0 bridgehead atoms. The van der Waals surface area contributed by atoms with Crippen LogP contribution in [0.25, 0.3) is 0 Å². The van der Waals surface area contributed by atoms with Crippen LogP contribution < -0.4 is 5.56 Å². The minimum absolute atomic E-state index is 0.148. The quantitative estimate of drug-likeness (QED) is 0.758. The van der Waals surface area contributed by atoms with Crippen molar-refractivity contribution < 1.29 is 5.11 Å². The Morgan fingerprint density at radius 3 is 2.93 bits per heavy atom. The van der Waals surface area contributed by atoms with Crippen molar-refractivity contribution in [3.8, 4) is 6.07 Å². The smallest absolute Gasteiger partial charge is 0.250 e. The van der Waals surface area contributed by atoms with E-state index in [9.17, 15) is 4.79 Å². The molecule has 0 fully saturated rings. The lowest BCUT2D eigenvalue weighted by Gasteiger charge is -2.06. The fraction of sp³-hybridized carbons (Fsp3) is 0.400. The minimum atomic E-state index is -0.437. The van der Waals surface area contributed by atoms with Gasteiger partial charge in [0, 0.05) is 18.8 Å². The maximum Gasteiger partial charge on any atom is 0.250 e. The molecule has 1 atom stereocenters. The van der Waals surface area contributed by atoms with Gasteiger partial charge in [0.2, 0.25) is 0 Å². The number of aryl methyl sites for hydroxylation is 1. The van der Waals surface area contributed by atoms with Gasteiger partial charge in [-0.25, -0.2) is 0 Å².